The molecule has 0 aliphatic carbocycles. The van der Waals surface area contributed by atoms with E-state index in [1.807, 2.05) is 24.3 Å². The third-order valence-electron chi connectivity index (χ3n) is 16.7. The van der Waals surface area contributed by atoms with Gasteiger partial charge in [-0.1, -0.05) is 152 Å². The first kappa shape index (κ1) is 41.8. The molecule has 0 atom stereocenters. The molecule has 18 aromatic rings. The first-order valence-electron chi connectivity index (χ1n) is 26.7. The fourth-order valence-corrected chi connectivity index (χ4v) is 13.5. The molecule has 0 saturated heterocycles. The van der Waals surface area contributed by atoms with Gasteiger partial charge in [0.25, 0.3) is 0 Å². The monoisotopic (exact) mass is 994 g/mol. The van der Waals surface area contributed by atoms with Crippen LogP contribution in [0.5, 0.6) is 0 Å². The third kappa shape index (κ3) is 5.64. The van der Waals surface area contributed by atoms with Crippen molar-refractivity contribution in [2.75, 3.05) is 9.80 Å². The number of para-hydroxylation sites is 6. The van der Waals surface area contributed by atoms with E-state index in [-0.39, 0.29) is 0 Å². The van der Waals surface area contributed by atoms with E-state index >= 15 is 0 Å². The molecule has 0 amide bonds. The minimum absolute atomic E-state index is 0.877. The Balaban J connectivity index is 0.915. The average Bonchev–Trinajstić information content (AvgIpc) is 4.49. The zero-order valence-electron chi connectivity index (χ0n) is 41.9. The van der Waals surface area contributed by atoms with Crippen LogP contribution in [0.1, 0.15) is 0 Å². The van der Waals surface area contributed by atoms with Crippen molar-refractivity contribution >= 4 is 154 Å². The molecule has 0 unspecified atom stereocenters. The van der Waals surface area contributed by atoms with Crippen LogP contribution in [-0.4, -0.2) is 8.80 Å². The van der Waals surface area contributed by atoms with Gasteiger partial charge in [0.15, 0.2) is 0 Å². The molecular formula is C72H42N4O2. The van der Waals surface area contributed by atoms with Crippen LogP contribution in [0.25, 0.3) is 131 Å². The molecule has 0 spiro atoms. The van der Waals surface area contributed by atoms with Crippen LogP contribution in [0.4, 0.5) is 34.1 Å². The molecule has 0 saturated carbocycles. The van der Waals surface area contributed by atoms with Crippen LogP contribution in [0.15, 0.2) is 264 Å². The maximum absolute atomic E-state index is 6.33. The lowest BCUT2D eigenvalue weighted by molar-refractivity contribution is 0.668. The zero-order chi connectivity index (χ0) is 50.7. The highest BCUT2D eigenvalue weighted by molar-refractivity contribution is 6.34. The Hall–Kier alpha value is -10.6. The highest BCUT2D eigenvalue weighted by Gasteiger charge is 2.28. The van der Waals surface area contributed by atoms with Crippen molar-refractivity contribution in [2.24, 2.45) is 0 Å². The molecule has 6 heterocycles. The predicted molar refractivity (Wildman–Crippen MR) is 325 cm³/mol. The molecule has 0 aliphatic heterocycles. The van der Waals surface area contributed by atoms with E-state index in [9.17, 15) is 0 Å². The number of hydrogen-bond acceptors (Lipinski definition) is 4. The second kappa shape index (κ2) is 15.5. The molecule has 0 aliphatic rings. The summed E-state index contributed by atoms with van der Waals surface area (Å²) in [6.45, 7) is 0. The summed E-state index contributed by atoms with van der Waals surface area (Å²) in [4.78, 5) is 4.76. The van der Waals surface area contributed by atoms with Crippen LogP contribution in [0, 0.1) is 0 Å². The van der Waals surface area contributed by atoms with E-state index in [0.717, 1.165) is 89.0 Å². The van der Waals surface area contributed by atoms with Crippen molar-refractivity contribution < 1.29 is 8.83 Å². The number of fused-ring (bicyclic) bond motifs is 18. The van der Waals surface area contributed by atoms with E-state index in [1.165, 1.54) is 76.3 Å². The smallest absolute Gasteiger partial charge is 0.135 e. The topological polar surface area (TPSA) is 41.6 Å². The van der Waals surface area contributed by atoms with Crippen LogP contribution in [0.2, 0.25) is 0 Å². The van der Waals surface area contributed by atoms with Gasteiger partial charge >= 0.3 is 0 Å². The molecular weight excluding hydrogens is 953 g/mol. The lowest BCUT2D eigenvalue weighted by Gasteiger charge is -2.25. The van der Waals surface area contributed by atoms with Gasteiger partial charge < -0.3 is 27.4 Å². The third-order valence-corrected chi connectivity index (χ3v) is 16.7. The number of hydrogen-bond donors (Lipinski definition) is 0. The first-order valence-corrected chi connectivity index (χ1v) is 26.7. The number of nitrogens with zero attached hydrogens (tertiary/aromatic N) is 4. The first-order chi connectivity index (χ1) is 38.7. The van der Waals surface area contributed by atoms with Crippen molar-refractivity contribution in [3.63, 3.8) is 0 Å². The van der Waals surface area contributed by atoms with Gasteiger partial charge in [0.05, 0.1) is 33.1 Å². The molecule has 12 aromatic carbocycles. The summed E-state index contributed by atoms with van der Waals surface area (Å²) in [6, 6.07) is 92.6. The zero-order valence-corrected chi connectivity index (χ0v) is 41.9. The van der Waals surface area contributed by atoms with E-state index in [1.54, 1.807) is 0 Å². The molecule has 78 heavy (non-hydrogen) atoms. The number of aromatic nitrogens is 2. The number of rotatable bonds is 7. The fourth-order valence-electron chi connectivity index (χ4n) is 13.5. The standard InChI is InChI=1S/C72H42N4O2/c1-4-16-43(17-5-1)68-69-57-27-15-25-55-50-34-30-48(73(44-18-6-2-7-19-44)46-32-36-66-58(38-46)52-22-10-12-28-64(52)77-66)40-61(50)75(71(55)57)63(69)42-60-56-26-14-24-54-51-35-31-49(41-62(51)76(70(54)56)72(60)68)74(45-20-8-3-9-21-45)47-33-37-67-59(39-47)53-23-11-13-29-65(53)78-67/h1-42H. The summed E-state index contributed by atoms with van der Waals surface area (Å²) < 4.78 is 17.8. The molecule has 6 aromatic heterocycles. The van der Waals surface area contributed by atoms with E-state index in [2.05, 4.69) is 249 Å². The van der Waals surface area contributed by atoms with E-state index in [0.29, 0.717) is 0 Å². The van der Waals surface area contributed by atoms with Crippen LogP contribution >= 0.6 is 0 Å². The van der Waals surface area contributed by atoms with Crippen LogP contribution < -0.4 is 9.80 Å². The highest BCUT2D eigenvalue weighted by atomic mass is 16.3. The lowest BCUT2D eigenvalue weighted by atomic mass is 9.95. The lowest BCUT2D eigenvalue weighted by Crippen LogP contribution is -2.09. The SMILES string of the molecule is c1ccc(-c2c3c4cccc5c6ccc(N(c7ccccc7)c7ccc8oc9ccccc9c8c7)cc6n(c3cc3c6cccc7c8ccc(N(c9ccccc9)c9ccc%10oc%11ccccc%11c%10c9)cc8n(c23)c76)c54)cc1. The predicted octanol–water partition coefficient (Wildman–Crippen LogP) is 20.4. The molecule has 0 N–H and O–H groups in total. The van der Waals surface area contributed by atoms with E-state index < -0.39 is 0 Å². The number of furan rings is 2. The van der Waals surface area contributed by atoms with Crippen molar-refractivity contribution in [3.8, 4) is 11.1 Å². The van der Waals surface area contributed by atoms with Gasteiger partial charge in [-0.05, 0) is 109 Å². The van der Waals surface area contributed by atoms with Gasteiger partial charge in [0.2, 0.25) is 0 Å². The summed E-state index contributed by atoms with van der Waals surface area (Å²) in [6.07, 6.45) is 0. The second-order valence-electron chi connectivity index (χ2n) is 20.8. The summed E-state index contributed by atoms with van der Waals surface area (Å²) in [5.74, 6) is 0. The van der Waals surface area contributed by atoms with Crippen LogP contribution in [0.3, 0.4) is 0 Å². The van der Waals surface area contributed by atoms with Crippen molar-refractivity contribution in [2.45, 2.75) is 0 Å². The van der Waals surface area contributed by atoms with Crippen molar-refractivity contribution in [3.05, 3.63) is 255 Å². The highest BCUT2D eigenvalue weighted by Crippen LogP contribution is 2.51. The number of benzene rings is 12. The molecule has 6 heteroatoms. The maximum Gasteiger partial charge on any atom is 0.135 e. The van der Waals surface area contributed by atoms with Gasteiger partial charge in [0, 0.05) is 104 Å². The summed E-state index contributed by atoms with van der Waals surface area (Å²) in [5.41, 5.74) is 19.6. The molecule has 362 valence electrons. The molecule has 18 rings (SSSR count). The van der Waals surface area contributed by atoms with Gasteiger partial charge in [-0.2, -0.15) is 0 Å². The largest absolute Gasteiger partial charge is 0.456 e. The Labute approximate surface area is 445 Å². The van der Waals surface area contributed by atoms with Gasteiger partial charge in [-0.25, -0.2) is 0 Å². The minimum Gasteiger partial charge on any atom is -0.456 e. The Kier molecular flexibility index (Phi) is 8.30. The fraction of sp³-hybridized carbons (Fsp3) is 0. The Morgan fingerprint density at radius 1 is 0.244 bits per heavy atom. The Bertz CT molecular complexity index is 5450. The van der Waals surface area contributed by atoms with Crippen LogP contribution in [-0.2, 0) is 0 Å². The van der Waals surface area contributed by atoms with Gasteiger partial charge in [0.1, 0.15) is 22.3 Å². The minimum atomic E-state index is 0.877. The number of anilines is 6. The summed E-state index contributed by atoms with van der Waals surface area (Å²) in [5, 5.41) is 14.3. The quantitative estimate of drug-likeness (QED) is 0.160. The van der Waals surface area contributed by atoms with Gasteiger partial charge in [-0.15, -0.1) is 0 Å². The second-order valence-corrected chi connectivity index (χ2v) is 20.8. The molecule has 0 fully saturated rings. The van der Waals surface area contributed by atoms with Crippen molar-refractivity contribution in [1.29, 1.82) is 0 Å². The average molecular weight is 995 g/mol. The maximum atomic E-state index is 6.33. The normalized spacial score (nSPS) is 12.4. The molecule has 6 nitrogen and oxygen atoms in total. The van der Waals surface area contributed by atoms with E-state index in [4.69, 9.17) is 8.83 Å². The Morgan fingerprint density at radius 2 is 0.667 bits per heavy atom. The van der Waals surface area contributed by atoms with Gasteiger partial charge in [-0.3, -0.25) is 0 Å². The summed E-state index contributed by atoms with van der Waals surface area (Å²) in [7, 11) is 0. The summed E-state index contributed by atoms with van der Waals surface area (Å²) >= 11 is 0. The Morgan fingerprint density at radius 3 is 1.23 bits per heavy atom. The molecule has 0 radical (unpaired) electrons. The molecule has 0 bridgehead atoms. The van der Waals surface area contributed by atoms with Crippen molar-refractivity contribution in [1.82, 2.24) is 8.80 Å².